The molecule has 0 fully saturated rings. The van der Waals surface area contributed by atoms with Crippen molar-refractivity contribution in [3.05, 3.63) is 65.2 Å². The van der Waals surface area contributed by atoms with E-state index in [2.05, 4.69) is 4.98 Å². The van der Waals surface area contributed by atoms with Gasteiger partial charge in [-0.1, -0.05) is 18.2 Å². The first kappa shape index (κ1) is 14.5. The molecule has 0 bridgehead atoms. The summed E-state index contributed by atoms with van der Waals surface area (Å²) in [4.78, 5) is 3.60. The second-order valence-electron chi connectivity index (χ2n) is 4.47. The van der Waals surface area contributed by atoms with Gasteiger partial charge in [0.05, 0.1) is 5.56 Å². The molecule has 2 aromatic rings. The van der Waals surface area contributed by atoms with Gasteiger partial charge in [-0.15, -0.1) is 0 Å². The summed E-state index contributed by atoms with van der Waals surface area (Å²) in [6.07, 6.45) is -2.79. The van der Waals surface area contributed by atoms with Crippen molar-refractivity contribution in [3.8, 4) is 0 Å². The standard InChI is InChI=1S/C14H11F4NO/c1-13(20,10-4-2-3-5-12(10)15)11-8-19-7-6-9(11)14(16,17)18/h2-8,20H,1H3. The van der Waals surface area contributed by atoms with Crippen LogP contribution in [0.15, 0.2) is 42.7 Å². The maximum Gasteiger partial charge on any atom is 0.416 e. The molecular formula is C14H11F4NO. The number of rotatable bonds is 2. The smallest absolute Gasteiger partial charge is 0.381 e. The second kappa shape index (κ2) is 4.86. The van der Waals surface area contributed by atoms with Crippen LogP contribution in [-0.4, -0.2) is 10.1 Å². The van der Waals surface area contributed by atoms with Crippen molar-refractivity contribution in [2.75, 3.05) is 0 Å². The molecule has 0 aliphatic carbocycles. The summed E-state index contributed by atoms with van der Waals surface area (Å²) in [5.41, 5.74) is -3.90. The van der Waals surface area contributed by atoms with E-state index in [1.54, 1.807) is 0 Å². The number of aliphatic hydroxyl groups is 1. The summed E-state index contributed by atoms with van der Waals surface area (Å²) in [7, 11) is 0. The molecule has 0 radical (unpaired) electrons. The van der Waals surface area contributed by atoms with E-state index in [9.17, 15) is 22.7 Å². The molecule has 0 saturated carbocycles. The lowest BCUT2D eigenvalue weighted by Crippen LogP contribution is -2.28. The third-order valence-electron chi connectivity index (χ3n) is 3.05. The average molecular weight is 285 g/mol. The Morgan fingerprint density at radius 2 is 1.65 bits per heavy atom. The summed E-state index contributed by atoms with van der Waals surface area (Å²) < 4.78 is 52.6. The van der Waals surface area contributed by atoms with E-state index in [0.717, 1.165) is 31.5 Å². The normalized spacial score (nSPS) is 14.9. The van der Waals surface area contributed by atoms with Gasteiger partial charge in [0.15, 0.2) is 0 Å². The fraction of sp³-hybridized carbons (Fsp3) is 0.214. The first-order valence-electron chi connectivity index (χ1n) is 5.73. The Balaban J connectivity index is 2.65. The molecule has 1 unspecified atom stereocenters. The maximum atomic E-state index is 13.7. The Bertz CT molecular complexity index is 623. The monoisotopic (exact) mass is 285 g/mol. The number of nitrogens with zero attached hydrogens (tertiary/aromatic N) is 1. The van der Waals surface area contributed by atoms with Gasteiger partial charge in [0, 0.05) is 23.5 Å². The van der Waals surface area contributed by atoms with Crippen molar-refractivity contribution in [2.45, 2.75) is 18.7 Å². The van der Waals surface area contributed by atoms with Gasteiger partial charge in [-0.3, -0.25) is 4.98 Å². The molecule has 20 heavy (non-hydrogen) atoms. The maximum absolute atomic E-state index is 13.7. The zero-order valence-corrected chi connectivity index (χ0v) is 10.4. The molecule has 106 valence electrons. The van der Waals surface area contributed by atoms with E-state index < -0.39 is 28.7 Å². The highest BCUT2D eigenvalue weighted by atomic mass is 19.4. The van der Waals surface area contributed by atoms with E-state index in [1.165, 1.54) is 18.2 Å². The Hall–Kier alpha value is -1.95. The van der Waals surface area contributed by atoms with E-state index in [4.69, 9.17) is 0 Å². The van der Waals surface area contributed by atoms with Gasteiger partial charge < -0.3 is 5.11 Å². The number of aromatic nitrogens is 1. The molecule has 2 rings (SSSR count). The summed E-state index contributed by atoms with van der Waals surface area (Å²) in [5, 5.41) is 10.4. The SMILES string of the molecule is CC(O)(c1ccccc1F)c1cnccc1C(F)(F)F. The van der Waals surface area contributed by atoms with Gasteiger partial charge in [0.25, 0.3) is 0 Å². The predicted octanol–water partition coefficient (Wildman–Crippen LogP) is 3.50. The van der Waals surface area contributed by atoms with Crippen molar-refractivity contribution in [2.24, 2.45) is 0 Å². The molecule has 0 aliphatic heterocycles. The van der Waals surface area contributed by atoms with Crippen molar-refractivity contribution >= 4 is 0 Å². The van der Waals surface area contributed by atoms with Crippen molar-refractivity contribution in [1.82, 2.24) is 4.98 Å². The van der Waals surface area contributed by atoms with Crippen LogP contribution in [0.3, 0.4) is 0 Å². The number of hydrogen-bond acceptors (Lipinski definition) is 2. The zero-order valence-electron chi connectivity index (χ0n) is 10.4. The topological polar surface area (TPSA) is 33.1 Å². The zero-order chi connectivity index (χ0) is 15.0. The summed E-state index contributed by atoms with van der Waals surface area (Å²) in [6, 6.07) is 5.90. The van der Waals surface area contributed by atoms with E-state index in [0.29, 0.717) is 0 Å². The Morgan fingerprint density at radius 1 is 1.00 bits per heavy atom. The largest absolute Gasteiger partial charge is 0.416 e. The molecule has 0 aliphatic rings. The molecule has 1 aromatic carbocycles. The third kappa shape index (κ3) is 2.51. The minimum Gasteiger partial charge on any atom is -0.381 e. The summed E-state index contributed by atoms with van der Waals surface area (Å²) >= 11 is 0. The third-order valence-corrected chi connectivity index (χ3v) is 3.05. The lowest BCUT2D eigenvalue weighted by Gasteiger charge is -2.27. The van der Waals surface area contributed by atoms with Crippen LogP contribution in [0.25, 0.3) is 0 Å². The Morgan fingerprint density at radius 3 is 2.25 bits per heavy atom. The predicted molar refractivity (Wildman–Crippen MR) is 64.3 cm³/mol. The van der Waals surface area contributed by atoms with Crippen molar-refractivity contribution in [3.63, 3.8) is 0 Å². The highest BCUT2D eigenvalue weighted by Gasteiger charge is 2.40. The molecule has 1 atom stereocenters. The number of benzene rings is 1. The van der Waals surface area contributed by atoms with Gasteiger partial charge in [0.2, 0.25) is 0 Å². The highest BCUT2D eigenvalue weighted by molar-refractivity contribution is 5.40. The average Bonchev–Trinajstić information content (AvgIpc) is 2.38. The molecular weight excluding hydrogens is 274 g/mol. The summed E-state index contributed by atoms with van der Waals surface area (Å²) in [5.74, 6) is -0.783. The molecule has 0 saturated heterocycles. The van der Waals surface area contributed by atoms with Crippen LogP contribution in [0, 0.1) is 5.82 Å². The molecule has 6 heteroatoms. The minimum absolute atomic E-state index is 0.238. The van der Waals surface area contributed by atoms with Crippen LogP contribution >= 0.6 is 0 Å². The Labute approximate surface area is 112 Å². The molecule has 1 heterocycles. The number of halogens is 4. The van der Waals surface area contributed by atoms with Gasteiger partial charge in [-0.2, -0.15) is 13.2 Å². The quantitative estimate of drug-likeness (QED) is 0.857. The fourth-order valence-corrected chi connectivity index (χ4v) is 2.03. The van der Waals surface area contributed by atoms with E-state index in [-0.39, 0.29) is 5.56 Å². The number of alkyl halides is 3. The first-order valence-corrected chi connectivity index (χ1v) is 5.73. The molecule has 1 N–H and O–H groups in total. The van der Waals surface area contributed by atoms with Crippen LogP contribution in [0.1, 0.15) is 23.6 Å². The van der Waals surface area contributed by atoms with Crippen LogP contribution < -0.4 is 0 Å². The minimum atomic E-state index is -4.66. The van der Waals surface area contributed by atoms with Gasteiger partial charge in [0.1, 0.15) is 11.4 Å². The van der Waals surface area contributed by atoms with Crippen LogP contribution in [-0.2, 0) is 11.8 Å². The number of pyridine rings is 1. The number of hydrogen-bond donors (Lipinski definition) is 1. The van der Waals surface area contributed by atoms with Crippen LogP contribution in [0.5, 0.6) is 0 Å². The van der Waals surface area contributed by atoms with E-state index >= 15 is 0 Å². The summed E-state index contributed by atoms with van der Waals surface area (Å²) in [6.45, 7) is 1.11. The Kier molecular flexibility index (Phi) is 3.52. The lowest BCUT2D eigenvalue weighted by atomic mass is 9.86. The van der Waals surface area contributed by atoms with Gasteiger partial charge in [-0.25, -0.2) is 4.39 Å². The van der Waals surface area contributed by atoms with Crippen molar-refractivity contribution < 1.29 is 22.7 Å². The first-order chi connectivity index (χ1) is 9.24. The fourth-order valence-electron chi connectivity index (χ4n) is 2.03. The second-order valence-corrected chi connectivity index (χ2v) is 4.47. The lowest BCUT2D eigenvalue weighted by molar-refractivity contribution is -0.140. The molecule has 0 spiro atoms. The van der Waals surface area contributed by atoms with Crippen molar-refractivity contribution in [1.29, 1.82) is 0 Å². The van der Waals surface area contributed by atoms with E-state index in [1.807, 2.05) is 0 Å². The van der Waals surface area contributed by atoms with Crippen LogP contribution in [0.4, 0.5) is 17.6 Å². The molecule has 1 aromatic heterocycles. The van der Waals surface area contributed by atoms with Crippen LogP contribution in [0.2, 0.25) is 0 Å². The molecule has 2 nitrogen and oxygen atoms in total. The van der Waals surface area contributed by atoms with Gasteiger partial charge >= 0.3 is 6.18 Å². The van der Waals surface area contributed by atoms with Gasteiger partial charge in [-0.05, 0) is 19.1 Å². The molecule has 0 amide bonds. The highest BCUT2D eigenvalue weighted by Crippen LogP contribution is 2.39.